The molecule has 0 bridgehead atoms. The van der Waals surface area contributed by atoms with Gasteiger partial charge in [0.15, 0.2) is 9.11 Å². The molecule has 0 saturated carbocycles. The van der Waals surface area contributed by atoms with Crippen LogP contribution in [0.4, 0.5) is 0 Å². The van der Waals surface area contributed by atoms with Crippen molar-refractivity contribution in [3.05, 3.63) is 15.4 Å². The Hall–Kier alpha value is -0.980. The lowest BCUT2D eigenvalue weighted by Gasteiger charge is -1.97. The molecule has 76 valence electrons. The molecule has 3 aromatic rings. The first kappa shape index (κ1) is 9.26. The van der Waals surface area contributed by atoms with E-state index in [1.165, 1.54) is 11.3 Å². The number of H-pyrrole nitrogens is 1. The summed E-state index contributed by atoms with van der Waals surface area (Å²) in [5, 5.41) is 0.420. The Labute approximate surface area is 98.5 Å². The van der Waals surface area contributed by atoms with Gasteiger partial charge in [0.1, 0.15) is 15.9 Å². The number of aromatic nitrogens is 4. The maximum atomic E-state index is 6.03. The number of nitrogens with zero attached hydrogens (tertiary/aromatic N) is 3. The molecule has 4 nitrogen and oxygen atoms in total. The van der Waals surface area contributed by atoms with Gasteiger partial charge in [-0.3, -0.25) is 0 Å². The average molecular weight is 257 g/mol. The van der Waals surface area contributed by atoms with Crippen LogP contribution in [0.3, 0.4) is 0 Å². The Balaban J connectivity index is 2.72. The molecule has 0 aliphatic carbocycles. The number of aromatic amines is 1. The normalized spacial score (nSPS) is 11.6. The first-order valence-corrected chi connectivity index (χ1v) is 5.76. The van der Waals surface area contributed by atoms with Crippen LogP contribution in [0.2, 0.25) is 5.15 Å². The van der Waals surface area contributed by atoms with Crippen LogP contribution in [0.15, 0.2) is 6.33 Å². The lowest BCUT2D eigenvalue weighted by Crippen LogP contribution is -1.87. The van der Waals surface area contributed by atoms with Gasteiger partial charge in [-0.15, -0.1) is 0 Å². The molecule has 3 rings (SSSR count). The van der Waals surface area contributed by atoms with Gasteiger partial charge >= 0.3 is 0 Å². The standard InChI is InChI=1S/C8H5ClN4S2/c1-13-2-10-3-5(13)4-7(12-6(3)9)15-8(14)11-4/h2H,1H3,(H,11,14). The number of nitrogens with one attached hydrogen (secondary N) is 1. The van der Waals surface area contributed by atoms with Crippen LogP contribution in [-0.2, 0) is 7.05 Å². The van der Waals surface area contributed by atoms with E-state index >= 15 is 0 Å². The van der Waals surface area contributed by atoms with Crippen molar-refractivity contribution in [2.75, 3.05) is 0 Å². The highest BCUT2D eigenvalue weighted by Gasteiger charge is 2.12. The molecular formula is C8H5ClN4S2. The van der Waals surface area contributed by atoms with Crippen LogP contribution in [0.1, 0.15) is 0 Å². The van der Waals surface area contributed by atoms with Crippen LogP contribution < -0.4 is 0 Å². The summed E-state index contributed by atoms with van der Waals surface area (Å²) < 4.78 is 2.60. The van der Waals surface area contributed by atoms with Crippen molar-refractivity contribution in [1.29, 1.82) is 0 Å². The molecule has 1 N–H and O–H groups in total. The average Bonchev–Trinajstić information content (AvgIpc) is 2.69. The number of thiazole rings is 1. The minimum atomic E-state index is 0.420. The van der Waals surface area contributed by atoms with E-state index in [0.717, 1.165) is 15.9 Å². The molecule has 3 aromatic heterocycles. The fourth-order valence-electron chi connectivity index (χ4n) is 1.58. The minimum absolute atomic E-state index is 0.420. The van der Waals surface area contributed by atoms with E-state index in [4.69, 9.17) is 23.8 Å². The Morgan fingerprint density at radius 3 is 3.20 bits per heavy atom. The predicted octanol–water partition coefficient (Wildman–Crippen LogP) is 2.89. The maximum absolute atomic E-state index is 6.03. The molecule has 0 aromatic carbocycles. The SMILES string of the molecule is Cn1cnc2c(Cl)nc3sc(=S)[nH]c3c21. The number of imidazole rings is 1. The molecule has 0 amide bonds. The lowest BCUT2D eigenvalue weighted by molar-refractivity contribution is 0.949. The summed E-state index contributed by atoms with van der Waals surface area (Å²) in [4.78, 5) is 12.4. The Bertz CT molecular complexity index is 723. The molecule has 0 aliphatic rings. The number of pyridine rings is 1. The molecule has 15 heavy (non-hydrogen) atoms. The Morgan fingerprint density at radius 2 is 2.40 bits per heavy atom. The second kappa shape index (κ2) is 3.01. The van der Waals surface area contributed by atoms with Crippen molar-refractivity contribution < 1.29 is 0 Å². The summed E-state index contributed by atoms with van der Waals surface area (Å²) in [6, 6.07) is 0. The number of hydrogen-bond acceptors (Lipinski definition) is 4. The highest BCUT2D eigenvalue weighted by molar-refractivity contribution is 7.73. The van der Waals surface area contributed by atoms with Crippen molar-refractivity contribution in [2.24, 2.45) is 7.05 Å². The van der Waals surface area contributed by atoms with Crippen LogP contribution in [-0.4, -0.2) is 19.5 Å². The summed E-state index contributed by atoms with van der Waals surface area (Å²) in [6.45, 7) is 0. The van der Waals surface area contributed by atoms with E-state index in [2.05, 4.69) is 15.0 Å². The number of hydrogen-bond donors (Lipinski definition) is 1. The molecule has 0 saturated heterocycles. The van der Waals surface area contributed by atoms with Crippen molar-refractivity contribution in [3.8, 4) is 0 Å². The van der Waals surface area contributed by atoms with Gasteiger partial charge in [-0.2, -0.15) is 0 Å². The summed E-state index contributed by atoms with van der Waals surface area (Å²) >= 11 is 12.5. The van der Waals surface area contributed by atoms with Gasteiger partial charge in [-0.25, -0.2) is 9.97 Å². The number of rotatable bonds is 0. The van der Waals surface area contributed by atoms with Crippen molar-refractivity contribution in [3.63, 3.8) is 0 Å². The lowest BCUT2D eigenvalue weighted by atomic mass is 10.4. The van der Waals surface area contributed by atoms with Gasteiger partial charge in [0, 0.05) is 7.05 Å². The highest BCUT2D eigenvalue weighted by atomic mass is 35.5. The van der Waals surface area contributed by atoms with Crippen LogP contribution in [0.25, 0.3) is 21.4 Å². The fraction of sp³-hybridized carbons (Fsp3) is 0.125. The molecule has 3 heterocycles. The van der Waals surface area contributed by atoms with Crippen molar-refractivity contribution in [2.45, 2.75) is 0 Å². The zero-order chi connectivity index (χ0) is 10.6. The quantitative estimate of drug-likeness (QED) is 0.497. The van der Waals surface area contributed by atoms with E-state index in [1.807, 2.05) is 11.6 Å². The molecule has 0 fully saturated rings. The zero-order valence-corrected chi connectivity index (χ0v) is 10.0. The van der Waals surface area contributed by atoms with Gasteiger partial charge in [-0.05, 0) is 12.2 Å². The first-order valence-electron chi connectivity index (χ1n) is 4.16. The van der Waals surface area contributed by atoms with Gasteiger partial charge in [0.05, 0.1) is 11.8 Å². The number of aryl methyl sites for hydroxylation is 1. The second-order valence-electron chi connectivity index (χ2n) is 3.15. The third-order valence-electron chi connectivity index (χ3n) is 2.20. The van der Waals surface area contributed by atoms with E-state index in [9.17, 15) is 0 Å². The third-order valence-corrected chi connectivity index (χ3v) is 3.59. The van der Waals surface area contributed by atoms with E-state index in [1.54, 1.807) is 6.33 Å². The summed E-state index contributed by atoms with van der Waals surface area (Å²) in [6.07, 6.45) is 1.71. The zero-order valence-electron chi connectivity index (χ0n) is 7.61. The Morgan fingerprint density at radius 1 is 1.60 bits per heavy atom. The first-order chi connectivity index (χ1) is 7.16. The number of fused-ring (bicyclic) bond motifs is 3. The summed E-state index contributed by atoms with van der Waals surface area (Å²) in [5.41, 5.74) is 2.55. The van der Waals surface area contributed by atoms with Gasteiger partial charge in [-0.1, -0.05) is 22.9 Å². The fourth-order valence-corrected chi connectivity index (χ4v) is 2.90. The highest BCUT2D eigenvalue weighted by Crippen LogP contribution is 2.29. The summed E-state index contributed by atoms with van der Waals surface area (Å²) in [7, 11) is 1.92. The molecular weight excluding hydrogens is 252 g/mol. The van der Waals surface area contributed by atoms with Crippen molar-refractivity contribution >= 4 is 56.5 Å². The van der Waals surface area contributed by atoms with Gasteiger partial charge in [0.2, 0.25) is 0 Å². The van der Waals surface area contributed by atoms with E-state index < -0.39 is 0 Å². The number of halogens is 1. The molecule has 0 aliphatic heterocycles. The van der Waals surface area contributed by atoms with Crippen LogP contribution in [0.5, 0.6) is 0 Å². The monoisotopic (exact) mass is 256 g/mol. The molecule has 0 unspecified atom stereocenters. The molecule has 0 atom stereocenters. The third kappa shape index (κ3) is 1.22. The topological polar surface area (TPSA) is 46.5 Å². The minimum Gasteiger partial charge on any atom is -0.334 e. The molecule has 7 heteroatoms. The van der Waals surface area contributed by atoms with E-state index in [0.29, 0.717) is 14.6 Å². The largest absolute Gasteiger partial charge is 0.334 e. The molecule has 0 spiro atoms. The van der Waals surface area contributed by atoms with Gasteiger partial charge in [0.25, 0.3) is 0 Å². The predicted molar refractivity (Wildman–Crippen MR) is 64.1 cm³/mol. The van der Waals surface area contributed by atoms with Crippen molar-refractivity contribution in [1.82, 2.24) is 19.5 Å². The maximum Gasteiger partial charge on any atom is 0.160 e. The van der Waals surface area contributed by atoms with Gasteiger partial charge < -0.3 is 9.55 Å². The van der Waals surface area contributed by atoms with Crippen LogP contribution >= 0.6 is 35.2 Å². The van der Waals surface area contributed by atoms with Crippen LogP contribution in [0, 0.1) is 3.95 Å². The Kier molecular flexibility index (Phi) is 1.86. The smallest absolute Gasteiger partial charge is 0.160 e. The second-order valence-corrected chi connectivity index (χ2v) is 5.17. The summed E-state index contributed by atoms with van der Waals surface area (Å²) in [5.74, 6) is 0. The molecule has 0 radical (unpaired) electrons. The van der Waals surface area contributed by atoms with E-state index in [-0.39, 0.29) is 0 Å².